The number of aryl methyl sites for hydroxylation is 4. The van der Waals surface area contributed by atoms with Crippen LogP contribution in [0.1, 0.15) is 66.8 Å². The molecule has 0 unspecified atom stereocenters. The number of nitrogens with zero attached hydrogens (tertiary/aromatic N) is 3. The summed E-state index contributed by atoms with van der Waals surface area (Å²) >= 11 is 3.63. The van der Waals surface area contributed by atoms with Crippen molar-refractivity contribution in [3.05, 3.63) is 362 Å². The molecule has 0 spiro atoms. The van der Waals surface area contributed by atoms with Crippen LogP contribution >= 0.6 is 15.9 Å². The molecule has 0 fully saturated rings. The lowest BCUT2D eigenvalue weighted by Gasteiger charge is -2.33. The first-order valence-corrected chi connectivity index (χ1v) is 37.1. The van der Waals surface area contributed by atoms with E-state index in [4.69, 9.17) is 0 Å². The van der Waals surface area contributed by atoms with Crippen LogP contribution in [-0.4, -0.2) is 16.8 Å². The molecular weight excluding hydrogens is 1320 g/mol. The van der Waals surface area contributed by atoms with E-state index in [1.165, 1.54) is 105 Å². The Hall–Kier alpha value is -10.8. The number of nitrogens with one attached hydrogen (secondary N) is 1. The smallest absolute Gasteiger partial charge is 0.210 e. The molecule has 0 bridgehead atoms. The quantitative estimate of drug-likeness (QED) is 0.169. The molecule has 11 heteroatoms. The molecule has 18 rings (SSSR count). The standard InChI is InChI=1S/C44H34N2O2S.C32H26BrN.C12H9NO2S/c1-29-9-7-11-37(21-29)45(38-12-8-10-30(2)22-38)39-19-17-31-23-34-26-36-28-40(20-18-32(36)24-33(34)25-35(31)27-39)46-41-13-3-5-15-43(41)49(47,48)44-16-6-4-14-42(44)46;1-21-5-3-7-30(13-21)34(31-8-4-6-22(2)14-31)32-12-10-24-16-25-17-27-19-29(33)11-9-23(27)15-26(25)18-28(24)20-32;14-16(15)11-7-3-1-5-9(11)13-10-6-2-4-8-12(10)16/h3-23,25,27-28H,24,26H2,1-2H3;3-14,16,18-20H,15,17H2,1-2H3;1-8,13H. The summed E-state index contributed by atoms with van der Waals surface area (Å²) in [7, 11) is -6.97. The molecule has 0 saturated carbocycles. The minimum absolute atomic E-state index is 0.339. The number of benzene rings is 14. The third-order valence-electron chi connectivity index (χ3n) is 19.4. The molecule has 2 aliphatic carbocycles. The highest BCUT2D eigenvalue weighted by molar-refractivity contribution is 9.10. The van der Waals surface area contributed by atoms with Crippen molar-refractivity contribution >= 4 is 120 Å². The number of anilines is 11. The molecule has 0 atom stereocenters. The molecule has 0 radical (unpaired) electrons. The van der Waals surface area contributed by atoms with Crippen molar-refractivity contribution in [1.29, 1.82) is 0 Å². The molecule has 4 aliphatic rings. The Kier molecular flexibility index (Phi) is 16.2. The fourth-order valence-electron chi connectivity index (χ4n) is 14.6. The molecule has 8 nitrogen and oxygen atoms in total. The topological polar surface area (TPSA) is 90.0 Å². The molecule has 0 aromatic heterocycles. The van der Waals surface area contributed by atoms with Crippen LogP contribution in [0.25, 0.3) is 21.5 Å². The summed E-state index contributed by atoms with van der Waals surface area (Å²) in [5.74, 6) is 0. The molecule has 484 valence electrons. The molecule has 0 amide bonds. The van der Waals surface area contributed by atoms with E-state index in [2.05, 4.69) is 258 Å². The molecular formula is C88H69BrN4O4S2. The minimum Gasteiger partial charge on any atom is -0.353 e. The normalized spacial score (nSPS) is 13.7. The van der Waals surface area contributed by atoms with Crippen molar-refractivity contribution in [2.75, 3.05) is 20.0 Å². The Bertz CT molecular complexity index is 5630. The van der Waals surface area contributed by atoms with Crippen molar-refractivity contribution in [3.63, 3.8) is 0 Å². The first-order chi connectivity index (χ1) is 48.1. The van der Waals surface area contributed by atoms with E-state index in [-0.39, 0.29) is 0 Å². The Balaban J connectivity index is 0.000000131. The first-order valence-electron chi connectivity index (χ1n) is 33.4. The highest BCUT2D eigenvalue weighted by atomic mass is 79.9. The first kappa shape index (κ1) is 63.0. The molecule has 2 aliphatic heterocycles. The Labute approximate surface area is 587 Å². The van der Waals surface area contributed by atoms with Crippen LogP contribution in [0.4, 0.5) is 62.6 Å². The maximum absolute atomic E-state index is 13.5. The summed E-state index contributed by atoms with van der Waals surface area (Å²) in [6.07, 6.45) is 3.68. The van der Waals surface area contributed by atoms with Crippen molar-refractivity contribution in [1.82, 2.24) is 0 Å². The highest BCUT2D eigenvalue weighted by Crippen LogP contribution is 2.50. The summed E-state index contributed by atoms with van der Waals surface area (Å²) in [5, 5.41) is 8.16. The monoisotopic (exact) mass is 1390 g/mol. The number of rotatable bonds is 7. The lowest BCUT2D eigenvalue weighted by molar-refractivity contribution is 0.593. The summed E-state index contributed by atoms with van der Waals surface area (Å²) in [6.45, 7) is 8.59. The molecule has 14 aromatic carbocycles. The van der Waals surface area contributed by atoms with Crippen LogP contribution in [0.5, 0.6) is 0 Å². The van der Waals surface area contributed by atoms with Gasteiger partial charge in [-0.3, -0.25) is 0 Å². The summed E-state index contributed by atoms with van der Waals surface area (Å²) < 4.78 is 52.8. The van der Waals surface area contributed by atoms with Gasteiger partial charge in [0, 0.05) is 44.3 Å². The van der Waals surface area contributed by atoms with E-state index in [0.29, 0.717) is 42.3 Å². The van der Waals surface area contributed by atoms with Gasteiger partial charge >= 0.3 is 0 Å². The fourth-order valence-corrected chi connectivity index (χ4v) is 18.2. The van der Waals surface area contributed by atoms with Gasteiger partial charge in [-0.05, 0) is 287 Å². The summed E-state index contributed by atoms with van der Waals surface area (Å²) in [5.41, 5.74) is 26.6. The second-order valence-electron chi connectivity index (χ2n) is 26.3. The fraction of sp³-hybridized carbons (Fsp3) is 0.0909. The van der Waals surface area contributed by atoms with Gasteiger partial charge in [-0.1, -0.05) is 162 Å². The van der Waals surface area contributed by atoms with Gasteiger partial charge in [0.1, 0.15) is 0 Å². The van der Waals surface area contributed by atoms with E-state index >= 15 is 0 Å². The van der Waals surface area contributed by atoms with Crippen molar-refractivity contribution in [2.45, 2.75) is 73.0 Å². The number of fused-ring (bicyclic) bond motifs is 10. The average Bonchev–Trinajstić information content (AvgIpc) is 0.733. The second kappa shape index (κ2) is 25.6. The van der Waals surface area contributed by atoms with Crippen LogP contribution in [0, 0.1) is 27.7 Å². The van der Waals surface area contributed by atoms with E-state index in [0.717, 1.165) is 52.9 Å². The van der Waals surface area contributed by atoms with Crippen molar-refractivity contribution in [3.8, 4) is 0 Å². The van der Waals surface area contributed by atoms with Gasteiger partial charge in [0.25, 0.3) is 0 Å². The van der Waals surface area contributed by atoms with E-state index in [9.17, 15) is 16.8 Å². The minimum atomic E-state index is -3.61. The van der Waals surface area contributed by atoms with Gasteiger partial charge in [-0.2, -0.15) is 0 Å². The zero-order valence-corrected chi connectivity index (χ0v) is 58.4. The Morgan fingerprint density at radius 3 is 1.08 bits per heavy atom. The molecule has 0 saturated heterocycles. The third kappa shape index (κ3) is 12.0. The Morgan fingerprint density at radius 1 is 0.303 bits per heavy atom. The molecule has 1 N–H and O–H groups in total. The molecule has 2 heterocycles. The van der Waals surface area contributed by atoms with Crippen LogP contribution < -0.4 is 20.0 Å². The Morgan fingerprint density at radius 2 is 0.646 bits per heavy atom. The van der Waals surface area contributed by atoms with Crippen LogP contribution in [0.15, 0.2) is 315 Å². The maximum Gasteiger partial charge on any atom is 0.210 e. The number of hydrogen-bond acceptors (Lipinski definition) is 8. The van der Waals surface area contributed by atoms with Gasteiger partial charge in [0.15, 0.2) is 0 Å². The van der Waals surface area contributed by atoms with Gasteiger partial charge < -0.3 is 20.0 Å². The maximum atomic E-state index is 13.5. The number of para-hydroxylation sites is 4. The predicted octanol–water partition coefficient (Wildman–Crippen LogP) is 22.8. The van der Waals surface area contributed by atoms with Gasteiger partial charge in [0.2, 0.25) is 19.7 Å². The number of halogens is 1. The summed E-state index contributed by atoms with van der Waals surface area (Å²) in [6, 6.07) is 99.8. The van der Waals surface area contributed by atoms with Gasteiger partial charge in [0.05, 0.1) is 42.3 Å². The predicted molar refractivity (Wildman–Crippen MR) is 410 cm³/mol. The highest BCUT2D eigenvalue weighted by Gasteiger charge is 2.35. The lowest BCUT2D eigenvalue weighted by Crippen LogP contribution is -2.22. The van der Waals surface area contributed by atoms with Crippen LogP contribution in [0.2, 0.25) is 0 Å². The third-order valence-corrected chi connectivity index (χ3v) is 23.6. The zero-order chi connectivity index (χ0) is 67.7. The van der Waals surface area contributed by atoms with Crippen molar-refractivity contribution in [2.24, 2.45) is 0 Å². The van der Waals surface area contributed by atoms with Gasteiger partial charge in [-0.25, -0.2) is 16.8 Å². The second-order valence-corrected chi connectivity index (χ2v) is 31.0. The molecule has 14 aromatic rings. The lowest BCUT2D eigenvalue weighted by atomic mass is 9.84. The number of hydrogen-bond donors (Lipinski definition) is 1. The van der Waals surface area contributed by atoms with E-state index < -0.39 is 19.7 Å². The van der Waals surface area contributed by atoms with E-state index in [1.54, 1.807) is 60.7 Å². The van der Waals surface area contributed by atoms with Gasteiger partial charge in [-0.15, -0.1) is 0 Å². The zero-order valence-electron chi connectivity index (χ0n) is 55.2. The summed E-state index contributed by atoms with van der Waals surface area (Å²) in [4.78, 5) is 8.17. The number of sulfone groups is 2. The largest absolute Gasteiger partial charge is 0.353 e. The average molecular weight is 1390 g/mol. The van der Waals surface area contributed by atoms with E-state index in [1.807, 2.05) is 36.4 Å². The molecule has 99 heavy (non-hydrogen) atoms. The van der Waals surface area contributed by atoms with Crippen LogP contribution in [0.3, 0.4) is 0 Å². The SMILES string of the molecule is Cc1cccc(N(c2cccc(C)c2)c2ccc3cc4c(cc3c2)Cc2ccc(Br)cc2C4)c1.Cc1cccc(N(c2cccc(C)c2)c2ccc3cc4c(cc3c2)Cc2ccc(N3c5ccccc5S(=O)(=O)c5ccccc53)cc2C4)c1.O=S1(=O)c2ccccc2Nc2ccccc21. The van der Waals surface area contributed by atoms with Crippen LogP contribution in [-0.2, 0) is 45.4 Å². The van der Waals surface area contributed by atoms with Crippen molar-refractivity contribution < 1.29 is 16.8 Å².